The standard InChI is InChI=1S/C22H20ClFN4OS2/c23-16-5-7-17(8-6-16)30-14-9-20(29)28(12-2-11-27-13-10-25-15-27)22-26-21-18(24)3-1-4-19(21)31-22/h1,3-8,10,13,15H,2,9,11-12,14H2. The largest absolute Gasteiger partial charge is 0.337 e. The molecule has 4 rings (SSSR count). The van der Waals surface area contributed by atoms with Gasteiger partial charge >= 0.3 is 0 Å². The Morgan fingerprint density at radius 1 is 1.23 bits per heavy atom. The Labute approximate surface area is 192 Å². The smallest absolute Gasteiger partial charge is 0.229 e. The van der Waals surface area contributed by atoms with Crippen molar-refractivity contribution < 1.29 is 9.18 Å². The van der Waals surface area contributed by atoms with Crippen LogP contribution in [0.1, 0.15) is 12.8 Å². The number of carbonyl (C=O) groups is 1. The number of thiazole rings is 1. The van der Waals surface area contributed by atoms with Crippen molar-refractivity contribution in [2.45, 2.75) is 24.3 Å². The zero-order valence-corrected chi connectivity index (χ0v) is 19.0. The molecular weight excluding hydrogens is 455 g/mol. The number of amides is 1. The Kier molecular flexibility index (Phi) is 7.21. The number of benzene rings is 2. The minimum absolute atomic E-state index is 0.0217. The number of aromatic nitrogens is 3. The number of para-hydroxylation sites is 1. The molecule has 0 aliphatic carbocycles. The average Bonchev–Trinajstić information content (AvgIpc) is 3.43. The summed E-state index contributed by atoms with van der Waals surface area (Å²) < 4.78 is 16.8. The highest BCUT2D eigenvalue weighted by atomic mass is 35.5. The second-order valence-electron chi connectivity index (χ2n) is 6.83. The van der Waals surface area contributed by atoms with Crippen molar-refractivity contribution in [2.75, 3.05) is 17.2 Å². The summed E-state index contributed by atoms with van der Waals surface area (Å²) in [6, 6.07) is 12.4. The van der Waals surface area contributed by atoms with Gasteiger partial charge in [0, 0.05) is 47.6 Å². The molecule has 5 nitrogen and oxygen atoms in total. The van der Waals surface area contributed by atoms with Crippen LogP contribution in [0.2, 0.25) is 5.02 Å². The minimum Gasteiger partial charge on any atom is -0.337 e. The van der Waals surface area contributed by atoms with Crippen LogP contribution in [0.4, 0.5) is 9.52 Å². The van der Waals surface area contributed by atoms with Gasteiger partial charge in [0.2, 0.25) is 5.91 Å². The van der Waals surface area contributed by atoms with Gasteiger partial charge in [-0.05, 0) is 42.8 Å². The second kappa shape index (κ2) is 10.3. The third-order valence-electron chi connectivity index (χ3n) is 4.65. The lowest BCUT2D eigenvalue weighted by Crippen LogP contribution is -2.32. The fraction of sp³-hybridized carbons (Fsp3) is 0.227. The van der Waals surface area contributed by atoms with Crippen LogP contribution in [0.25, 0.3) is 10.2 Å². The Hall–Kier alpha value is -2.42. The predicted molar refractivity (Wildman–Crippen MR) is 126 cm³/mol. The number of halogens is 2. The first-order valence-electron chi connectivity index (χ1n) is 9.80. The summed E-state index contributed by atoms with van der Waals surface area (Å²) in [5.41, 5.74) is 0.311. The zero-order valence-electron chi connectivity index (χ0n) is 16.6. The molecule has 0 radical (unpaired) electrons. The fourth-order valence-electron chi connectivity index (χ4n) is 3.10. The summed E-state index contributed by atoms with van der Waals surface area (Å²) in [7, 11) is 0. The summed E-state index contributed by atoms with van der Waals surface area (Å²) in [6.45, 7) is 1.24. The SMILES string of the molecule is O=C(CCSc1ccc(Cl)cc1)N(CCCn1ccnc1)c1nc2c(F)cccc2s1. The quantitative estimate of drug-likeness (QED) is 0.284. The number of hydrogen-bond acceptors (Lipinski definition) is 5. The van der Waals surface area contributed by atoms with Crippen LogP contribution in [0.15, 0.2) is 66.1 Å². The third kappa shape index (κ3) is 5.64. The molecule has 1 amide bonds. The lowest BCUT2D eigenvalue weighted by molar-refractivity contribution is -0.118. The van der Waals surface area contributed by atoms with Gasteiger partial charge in [0.05, 0.1) is 11.0 Å². The van der Waals surface area contributed by atoms with Gasteiger partial charge in [0.25, 0.3) is 0 Å². The molecule has 4 aromatic rings. The Morgan fingerprint density at radius 3 is 2.81 bits per heavy atom. The van der Waals surface area contributed by atoms with Crippen molar-refractivity contribution in [1.82, 2.24) is 14.5 Å². The van der Waals surface area contributed by atoms with E-state index < -0.39 is 0 Å². The molecule has 0 aliphatic heterocycles. The third-order valence-corrected chi connectivity index (χ3v) is 6.96. The first kappa shape index (κ1) is 21.8. The molecule has 2 aromatic carbocycles. The predicted octanol–water partition coefficient (Wildman–Crippen LogP) is 5.89. The molecule has 0 N–H and O–H groups in total. The number of anilines is 1. The normalized spacial score (nSPS) is 11.2. The van der Waals surface area contributed by atoms with Gasteiger partial charge in [0.1, 0.15) is 11.3 Å². The number of aryl methyl sites for hydroxylation is 1. The number of imidazole rings is 1. The highest BCUT2D eigenvalue weighted by Crippen LogP contribution is 2.31. The van der Waals surface area contributed by atoms with E-state index in [-0.39, 0.29) is 11.7 Å². The monoisotopic (exact) mass is 474 g/mol. The van der Waals surface area contributed by atoms with E-state index >= 15 is 0 Å². The van der Waals surface area contributed by atoms with Crippen LogP contribution in [-0.4, -0.2) is 32.7 Å². The molecule has 9 heteroatoms. The number of thioether (sulfide) groups is 1. The summed E-state index contributed by atoms with van der Waals surface area (Å²) in [5.74, 6) is 0.244. The number of rotatable bonds is 9. The molecule has 160 valence electrons. The van der Waals surface area contributed by atoms with E-state index in [1.54, 1.807) is 35.3 Å². The van der Waals surface area contributed by atoms with Crippen molar-refractivity contribution in [3.8, 4) is 0 Å². The highest BCUT2D eigenvalue weighted by Gasteiger charge is 2.20. The minimum atomic E-state index is -0.371. The molecule has 0 saturated carbocycles. The summed E-state index contributed by atoms with van der Waals surface area (Å²) in [4.78, 5) is 24.3. The first-order valence-corrected chi connectivity index (χ1v) is 12.0. The summed E-state index contributed by atoms with van der Waals surface area (Å²) >= 11 is 8.87. The van der Waals surface area contributed by atoms with Crippen LogP contribution in [0.3, 0.4) is 0 Å². The molecule has 0 aliphatic rings. The molecular formula is C22H20ClFN4OS2. The molecule has 31 heavy (non-hydrogen) atoms. The summed E-state index contributed by atoms with van der Waals surface area (Å²) in [6.07, 6.45) is 6.47. The molecule has 0 spiro atoms. The fourth-order valence-corrected chi connectivity index (χ4v) is 5.09. The Balaban J connectivity index is 1.45. The van der Waals surface area contributed by atoms with Crippen molar-refractivity contribution in [3.05, 3.63) is 72.0 Å². The van der Waals surface area contributed by atoms with Gasteiger partial charge in [-0.2, -0.15) is 0 Å². The van der Waals surface area contributed by atoms with Gasteiger partial charge in [-0.3, -0.25) is 9.69 Å². The van der Waals surface area contributed by atoms with Gasteiger partial charge in [0.15, 0.2) is 5.13 Å². The molecule has 2 heterocycles. The van der Waals surface area contributed by atoms with Crippen LogP contribution in [0.5, 0.6) is 0 Å². The molecule has 0 bridgehead atoms. The maximum Gasteiger partial charge on any atom is 0.229 e. The van der Waals surface area contributed by atoms with Crippen molar-refractivity contribution in [2.24, 2.45) is 0 Å². The average molecular weight is 475 g/mol. The van der Waals surface area contributed by atoms with Crippen molar-refractivity contribution in [1.29, 1.82) is 0 Å². The van der Waals surface area contributed by atoms with E-state index in [1.165, 1.54) is 17.4 Å². The van der Waals surface area contributed by atoms with E-state index in [0.717, 1.165) is 22.6 Å². The lowest BCUT2D eigenvalue weighted by Gasteiger charge is -2.20. The molecule has 0 saturated heterocycles. The summed E-state index contributed by atoms with van der Waals surface area (Å²) in [5, 5.41) is 1.22. The molecule has 0 atom stereocenters. The van der Waals surface area contributed by atoms with Crippen molar-refractivity contribution in [3.63, 3.8) is 0 Å². The number of nitrogens with zero attached hydrogens (tertiary/aromatic N) is 4. The van der Waals surface area contributed by atoms with Crippen molar-refractivity contribution >= 4 is 56.0 Å². The van der Waals surface area contributed by atoms with Crippen LogP contribution >= 0.6 is 34.7 Å². The lowest BCUT2D eigenvalue weighted by atomic mass is 10.3. The Bertz CT molecular complexity index is 1150. The second-order valence-corrected chi connectivity index (χ2v) is 9.45. The van der Waals surface area contributed by atoms with Crippen LogP contribution < -0.4 is 4.90 Å². The van der Waals surface area contributed by atoms with E-state index in [4.69, 9.17) is 11.6 Å². The van der Waals surface area contributed by atoms with Crippen LogP contribution in [0, 0.1) is 5.82 Å². The van der Waals surface area contributed by atoms with Gasteiger partial charge in [-0.25, -0.2) is 14.4 Å². The number of fused-ring (bicyclic) bond motifs is 1. The number of carbonyl (C=O) groups excluding carboxylic acids is 1. The molecule has 0 unspecified atom stereocenters. The van der Waals surface area contributed by atoms with E-state index in [1.807, 2.05) is 41.1 Å². The van der Waals surface area contributed by atoms with Gasteiger partial charge in [-0.1, -0.05) is 29.0 Å². The van der Waals surface area contributed by atoms with E-state index in [2.05, 4.69) is 9.97 Å². The van der Waals surface area contributed by atoms with E-state index in [0.29, 0.717) is 34.4 Å². The maximum absolute atomic E-state index is 14.1. The Morgan fingerprint density at radius 2 is 2.06 bits per heavy atom. The maximum atomic E-state index is 14.1. The van der Waals surface area contributed by atoms with Gasteiger partial charge < -0.3 is 4.57 Å². The zero-order chi connectivity index (χ0) is 21.6. The molecule has 0 fully saturated rings. The number of hydrogen-bond donors (Lipinski definition) is 0. The van der Waals surface area contributed by atoms with Gasteiger partial charge in [-0.15, -0.1) is 11.8 Å². The molecule has 2 aromatic heterocycles. The first-order chi connectivity index (χ1) is 15.1. The highest BCUT2D eigenvalue weighted by molar-refractivity contribution is 7.99. The van der Waals surface area contributed by atoms with Crippen LogP contribution in [-0.2, 0) is 11.3 Å². The topological polar surface area (TPSA) is 51.0 Å². The van der Waals surface area contributed by atoms with E-state index in [9.17, 15) is 9.18 Å².